The highest BCUT2D eigenvalue weighted by Gasteiger charge is 2.33. The first-order valence-electron chi connectivity index (χ1n) is 7.03. The molecule has 0 fully saturated rings. The fourth-order valence-electron chi connectivity index (χ4n) is 1.99. The molecule has 0 saturated heterocycles. The number of fused-ring (bicyclic) bond motifs is 1. The summed E-state index contributed by atoms with van der Waals surface area (Å²) in [7, 11) is -2.20. The second-order valence-corrected chi connectivity index (χ2v) is 6.74. The molecule has 1 aromatic rings. The molecule has 1 aliphatic rings. The highest BCUT2D eigenvalue weighted by atomic mass is 28.3. The Morgan fingerprint density at radius 3 is 2.45 bits per heavy atom. The van der Waals surface area contributed by atoms with Gasteiger partial charge in [0.25, 0.3) is 11.9 Å². The van der Waals surface area contributed by atoms with Crippen molar-refractivity contribution in [1.82, 2.24) is 0 Å². The van der Waals surface area contributed by atoms with Gasteiger partial charge >= 0.3 is 9.28 Å². The summed E-state index contributed by atoms with van der Waals surface area (Å²) in [6.45, 7) is 6.83. The van der Waals surface area contributed by atoms with Gasteiger partial charge in [0.15, 0.2) is 0 Å². The molecule has 1 heterocycles. The number of hydrogen-bond donors (Lipinski definition) is 0. The van der Waals surface area contributed by atoms with Crippen LogP contribution in [0.2, 0.25) is 0 Å². The Morgan fingerprint density at radius 2 is 1.91 bits per heavy atom. The minimum Gasteiger partial charge on any atom is -0.480 e. The van der Waals surface area contributed by atoms with Crippen molar-refractivity contribution in [2.45, 2.75) is 46.5 Å². The summed E-state index contributed by atoms with van der Waals surface area (Å²) in [5.41, 5.74) is 0.838. The molecule has 2 rings (SSSR count). The molecule has 119 valence electrons. The summed E-state index contributed by atoms with van der Waals surface area (Å²) in [5.74, 6) is -0.877. The molecule has 1 unspecified atom stereocenters. The maximum Gasteiger partial charge on any atom is 0.576 e. The summed E-state index contributed by atoms with van der Waals surface area (Å²) < 4.78 is 21.8. The molecule has 1 aromatic carbocycles. The minimum absolute atomic E-state index is 0.392. The van der Waals surface area contributed by atoms with E-state index in [1.807, 2.05) is 13.8 Å². The third-order valence-electron chi connectivity index (χ3n) is 3.27. The smallest absolute Gasteiger partial charge is 0.480 e. The van der Waals surface area contributed by atoms with Gasteiger partial charge in [0.2, 0.25) is 5.79 Å². The van der Waals surface area contributed by atoms with Crippen LogP contribution < -0.4 is 9.92 Å². The summed E-state index contributed by atoms with van der Waals surface area (Å²) in [4.78, 5) is 22.4. The first kappa shape index (κ1) is 16.5. The number of hydrogen-bond acceptors (Lipinski definition) is 6. The van der Waals surface area contributed by atoms with E-state index in [0.717, 1.165) is 17.7 Å². The van der Waals surface area contributed by atoms with E-state index in [2.05, 4.69) is 0 Å². The third-order valence-corrected chi connectivity index (χ3v) is 5.00. The Hall–Kier alpha value is -1.86. The first-order chi connectivity index (χ1) is 10.3. The fraction of sp³-hybridized carbons (Fsp3) is 0.467. The summed E-state index contributed by atoms with van der Waals surface area (Å²) in [6, 6.07) is 5.34. The van der Waals surface area contributed by atoms with Crippen LogP contribution in [0.3, 0.4) is 0 Å². The Morgan fingerprint density at radius 1 is 1.27 bits per heavy atom. The van der Waals surface area contributed by atoms with E-state index < -0.39 is 27.0 Å². The highest BCUT2D eigenvalue weighted by Crippen LogP contribution is 2.32. The molecule has 1 atom stereocenters. The zero-order valence-corrected chi connectivity index (χ0v) is 14.1. The quantitative estimate of drug-likeness (QED) is 0.783. The van der Waals surface area contributed by atoms with Crippen molar-refractivity contribution in [2.24, 2.45) is 0 Å². The van der Waals surface area contributed by atoms with E-state index >= 15 is 0 Å². The van der Waals surface area contributed by atoms with E-state index in [0.29, 0.717) is 11.8 Å². The van der Waals surface area contributed by atoms with Crippen LogP contribution in [0.1, 0.15) is 39.7 Å². The lowest BCUT2D eigenvalue weighted by Gasteiger charge is -2.35. The maximum atomic E-state index is 11.2. The third kappa shape index (κ3) is 3.86. The van der Waals surface area contributed by atoms with Crippen molar-refractivity contribution in [2.75, 3.05) is 0 Å². The SMILES string of the molecule is CCC1(C)OCc2cc([Si](OC(C)=O)OC(C)=O)ccc2O1. The number of ether oxygens (including phenoxy) is 2. The molecule has 0 N–H and O–H groups in total. The number of benzene rings is 1. The van der Waals surface area contributed by atoms with Gasteiger partial charge in [-0.3, -0.25) is 9.59 Å². The van der Waals surface area contributed by atoms with Crippen LogP contribution >= 0.6 is 0 Å². The van der Waals surface area contributed by atoms with Gasteiger partial charge in [-0.15, -0.1) is 0 Å². The fourth-order valence-corrected chi connectivity index (χ4v) is 3.30. The van der Waals surface area contributed by atoms with Crippen LogP contribution in [-0.4, -0.2) is 27.0 Å². The van der Waals surface area contributed by atoms with E-state index in [4.69, 9.17) is 18.3 Å². The minimum atomic E-state index is -2.20. The second-order valence-electron chi connectivity index (χ2n) is 5.18. The standard InChI is InChI=1S/C15H19O6Si/c1-5-15(4)18-9-12-8-13(6-7-14(12)19-15)22(20-10(2)16)21-11(3)17/h6-8H,5,9H2,1-4H3. The largest absolute Gasteiger partial charge is 0.576 e. The van der Waals surface area contributed by atoms with Crippen molar-refractivity contribution in [3.05, 3.63) is 23.8 Å². The van der Waals surface area contributed by atoms with Crippen molar-refractivity contribution in [3.8, 4) is 5.75 Å². The van der Waals surface area contributed by atoms with Crippen molar-refractivity contribution in [1.29, 1.82) is 0 Å². The van der Waals surface area contributed by atoms with E-state index in [1.54, 1.807) is 18.2 Å². The predicted octanol–water partition coefficient (Wildman–Crippen LogP) is 1.54. The van der Waals surface area contributed by atoms with Gasteiger partial charge < -0.3 is 18.3 Å². The molecule has 0 spiro atoms. The van der Waals surface area contributed by atoms with Crippen LogP contribution in [0.25, 0.3) is 0 Å². The number of rotatable bonds is 4. The van der Waals surface area contributed by atoms with Crippen molar-refractivity contribution >= 4 is 26.4 Å². The summed E-state index contributed by atoms with van der Waals surface area (Å²) in [5, 5.41) is 0.654. The van der Waals surface area contributed by atoms with Crippen LogP contribution in [-0.2, 0) is 29.8 Å². The lowest BCUT2D eigenvalue weighted by atomic mass is 10.1. The van der Waals surface area contributed by atoms with Crippen LogP contribution in [0.5, 0.6) is 5.75 Å². The Bertz CT molecular complexity index is 571. The average Bonchev–Trinajstić information content (AvgIpc) is 2.45. The molecule has 0 amide bonds. The molecule has 22 heavy (non-hydrogen) atoms. The lowest BCUT2D eigenvalue weighted by Crippen LogP contribution is -2.42. The van der Waals surface area contributed by atoms with Gasteiger partial charge in [0.05, 0.1) is 6.61 Å². The molecule has 7 heteroatoms. The molecule has 1 aliphatic heterocycles. The van der Waals surface area contributed by atoms with Crippen molar-refractivity contribution in [3.63, 3.8) is 0 Å². The van der Waals surface area contributed by atoms with Crippen LogP contribution in [0.15, 0.2) is 18.2 Å². The normalized spacial score (nSPS) is 20.0. The molecular formula is C15H19O6Si. The van der Waals surface area contributed by atoms with E-state index in [-0.39, 0.29) is 0 Å². The van der Waals surface area contributed by atoms with Crippen LogP contribution in [0.4, 0.5) is 0 Å². The number of carbonyl (C=O) groups is 2. The topological polar surface area (TPSA) is 71.1 Å². The van der Waals surface area contributed by atoms with Gasteiger partial charge in [-0.1, -0.05) is 13.0 Å². The lowest BCUT2D eigenvalue weighted by molar-refractivity contribution is -0.194. The van der Waals surface area contributed by atoms with Gasteiger partial charge in [-0.25, -0.2) is 0 Å². The zero-order chi connectivity index (χ0) is 16.3. The second kappa shape index (κ2) is 6.49. The van der Waals surface area contributed by atoms with Gasteiger partial charge in [-0.05, 0) is 12.1 Å². The van der Waals surface area contributed by atoms with Gasteiger partial charge in [0.1, 0.15) is 5.75 Å². The zero-order valence-electron chi connectivity index (χ0n) is 13.1. The molecule has 1 radical (unpaired) electrons. The summed E-state index contributed by atoms with van der Waals surface area (Å²) >= 11 is 0. The monoisotopic (exact) mass is 323 g/mol. The highest BCUT2D eigenvalue weighted by molar-refractivity contribution is 6.64. The maximum absolute atomic E-state index is 11.2. The predicted molar refractivity (Wildman–Crippen MR) is 79.5 cm³/mol. The average molecular weight is 323 g/mol. The molecular weight excluding hydrogens is 304 g/mol. The molecule has 0 aromatic heterocycles. The number of carbonyl (C=O) groups excluding carboxylic acids is 2. The molecule has 0 bridgehead atoms. The van der Waals surface area contributed by atoms with Gasteiger partial charge in [-0.2, -0.15) is 0 Å². The first-order valence-corrected chi connectivity index (χ1v) is 8.34. The summed E-state index contributed by atoms with van der Waals surface area (Å²) in [6.07, 6.45) is 0.726. The Labute approximate surface area is 131 Å². The Balaban J connectivity index is 2.26. The van der Waals surface area contributed by atoms with Crippen molar-refractivity contribution < 1.29 is 27.9 Å². The van der Waals surface area contributed by atoms with E-state index in [9.17, 15) is 9.59 Å². The van der Waals surface area contributed by atoms with E-state index in [1.165, 1.54) is 13.8 Å². The molecule has 0 saturated carbocycles. The van der Waals surface area contributed by atoms with Crippen LogP contribution in [0, 0.1) is 0 Å². The Kier molecular flexibility index (Phi) is 4.87. The van der Waals surface area contributed by atoms with Gasteiger partial charge in [0, 0.05) is 37.9 Å². The molecule has 0 aliphatic carbocycles. The molecule has 6 nitrogen and oxygen atoms in total.